The molecule has 0 bridgehead atoms. The number of amides is 1. The van der Waals surface area contributed by atoms with Gasteiger partial charge in [-0.2, -0.15) is 0 Å². The Hall–Kier alpha value is -2.34. The second-order valence-electron chi connectivity index (χ2n) is 7.63. The second kappa shape index (κ2) is 9.92. The Labute approximate surface area is 177 Å². The van der Waals surface area contributed by atoms with Gasteiger partial charge in [-0.15, -0.1) is 0 Å². The zero-order chi connectivity index (χ0) is 20.7. The van der Waals surface area contributed by atoms with E-state index in [0.29, 0.717) is 12.1 Å². The number of nitrogens with one attached hydrogen (secondary N) is 1. The normalized spacial score (nSPS) is 11.4. The van der Waals surface area contributed by atoms with Gasteiger partial charge >= 0.3 is 0 Å². The molecule has 0 heterocycles. The van der Waals surface area contributed by atoms with Crippen molar-refractivity contribution in [3.05, 3.63) is 90.5 Å². The van der Waals surface area contributed by atoms with Gasteiger partial charge in [0.1, 0.15) is 0 Å². The largest absolute Gasteiger partial charge is 0.432 e. The van der Waals surface area contributed by atoms with Crippen LogP contribution in [-0.4, -0.2) is 25.6 Å². The third-order valence-corrected chi connectivity index (χ3v) is 8.37. The molecule has 0 radical (unpaired) electrons. The smallest absolute Gasteiger partial charge is 0.251 e. The molecule has 2 N–H and O–H groups in total. The van der Waals surface area contributed by atoms with Crippen molar-refractivity contribution in [3.63, 3.8) is 0 Å². The van der Waals surface area contributed by atoms with E-state index in [4.69, 9.17) is 0 Å². The van der Waals surface area contributed by atoms with Gasteiger partial charge in [0.25, 0.3) is 5.91 Å². The van der Waals surface area contributed by atoms with Crippen LogP contribution in [0.5, 0.6) is 0 Å². The molecule has 0 aliphatic carbocycles. The Morgan fingerprint density at radius 1 is 0.828 bits per heavy atom. The molecule has 0 aliphatic heterocycles. The third-order valence-electron chi connectivity index (χ3n) is 4.56. The molecule has 3 aromatic rings. The van der Waals surface area contributed by atoms with E-state index in [-0.39, 0.29) is 16.8 Å². The van der Waals surface area contributed by atoms with Gasteiger partial charge in [0.15, 0.2) is 23.0 Å². The Kier molecular flexibility index (Phi) is 7.31. The first-order chi connectivity index (χ1) is 13.9. The van der Waals surface area contributed by atoms with Gasteiger partial charge in [-0.1, -0.05) is 36.4 Å². The molecule has 0 fully saturated rings. The van der Waals surface area contributed by atoms with Crippen molar-refractivity contribution in [3.8, 4) is 0 Å². The van der Waals surface area contributed by atoms with Crippen molar-refractivity contribution >= 4 is 25.1 Å². The predicted octanol–water partition coefficient (Wildman–Crippen LogP) is 5.10. The van der Waals surface area contributed by atoms with Crippen molar-refractivity contribution in [1.82, 2.24) is 5.32 Å². The zero-order valence-corrected chi connectivity index (χ0v) is 18.8. The lowest BCUT2D eigenvalue weighted by Crippen LogP contribution is -2.29. The van der Waals surface area contributed by atoms with Gasteiger partial charge in [0, 0.05) is 12.1 Å². The summed E-state index contributed by atoms with van der Waals surface area (Å²) in [5.74, 6) is -0.0618. The van der Waals surface area contributed by atoms with Crippen molar-refractivity contribution in [2.45, 2.75) is 40.2 Å². The van der Waals surface area contributed by atoms with E-state index in [9.17, 15) is 9.59 Å². The highest BCUT2D eigenvalue weighted by molar-refractivity contribution is 7.97. The van der Waals surface area contributed by atoms with Crippen LogP contribution in [0.15, 0.2) is 99.6 Å². The molecule has 3 aromatic carbocycles. The minimum Gasteiger partial charge on any atom is -0.432 e. The van der Waals surface area contributed by atoms with Crippen LogP contribution in [0, 0.1) is 0 Å². The average Bonchev–Trinajstić information content (AvgIpc) is 2.73. The first-order valence-electron chi connectivity index (χ1n) is 9.89. The molecular weight excluding hydrogens is 394 g/mol. The summed E-state index contributed by atoms with van der Waals surface area (Å²) in [6, 6.07) is 29.7. The van der Waals surface area contributed by atoms with E-state index in [0.717, 1.165) is 12.5 Å². The molecule has 5 heteroatoms. The lowest BCUT2D eigenvalue weighted by Gasteiger charge is -2.13. The topological polar surface area (TPSA) is 49.3 Å². The fourth-order valence-electron chi connectivity index (χ4n) is 3.09. The summed E-state index contributed by atoms with van der Waals surface area (Å²) in [6.07, 6.45) is 0.811. The van der Waals surface area contributed by atoms with Crippen molar-refractivity contribution in [2.75, 3.05) is 6.54 Å². The van der Waals surface area contributed by atoms with E-state index in [1.165, 1.54) is 14.7 Å². The molecule has 150 valence electrons. The summed E-state index contributed by atoms with van der Waals surface area (Å²) in [4.78, 5) is 26.0. The molecule has 3 nitrogen and oxygen atoms in total. The van der Waals surface area contributed by atoms with Crippen LogP contribution in [0.4, 0.5) is 0 Å². The molecule has 29 heavy (non-hydrogen) atoms. The summed E-state index contributed by atoms with van der Waals surface area (Å²) >= 11 is 0. The van der Waals surface area contributed by atoms with Crippen LogP contribution in [-0.2, 0) is 10.9 Å². The minimum absolute atomic E-state index is 0.0618. The van der Waals surface area contributed by atoms with Crippen molar-refractivity contribution < 1.29 is 9.59 Å². The highest BCUT2D eigenvalue weighted by atomic mass is 32.2. The Morgan fingerprint density at radius 2 is 1.31 bits per heavy atom. The van der Waals surface area contributed by atoms with Gasteiger partial charge < -0.3 is 10.1 Å². The van der Waals surface area contributed by atoms with Crippen molar-refractivity contribution in [1.29, 1.82) is 0 Å². The van der Waals surface area contributed by atoms with E-state index in [1.807, 2.05) is 37.4 Å². The molecule has 0 atom stereocenters. The fraction of sp³-hybridized carbons (Fsp3) is 0.208. The number of hydrogen-bond acceptors (Lipinski definition) is 2. The summed E-state index contributed by atoms with van der Waals surface area (Å²) < 4.78 is 0. The van der Waals surface area contributed by atoms with Crippen molar-refractivity contribution in [2.24, 2.45) is 0 Å². The van der Waals surface area contributed by atoms with Crippen LogP contribution in [0.3, 0.4) is 0 Å². The van der Waals surface area contributed by atoms with Crippen LogP contribution >= 0.6 is 0 Å². The second-order valence-corrected chi connectivity index (χ2v) is 13.8. The summed E-state index contributed by atoms with van der Waals surface area (Å²) in [5, 5.41) is 2.96. The highest BCUT2D eigenvalue weighted by Gasteiger charge is 2.28. The van der Waals surface area contributed by atoms with Gasteiger partial charge in [0.05, 0.1) is 10.9 Å². The minimum atomic E-state index is -2.04. The molecule has 3 rings (SSSR count). The molecule has 0 aliphatic rings. The summed E-state index contributed by atoms with van der Waals surface area (Å²) in [7, 11) is -2.25. The molecular formula is C24H28NO2SSi+. The van der Waals surface area contributed by atoms with E-state index in [2.05, 4.69) is 66.0 Å². The van der Waals surface area contributed by atoms with Crippen LogP contribution < -0.4 is 5.32 Å². The van der Waals surface area contributed by atoms with Gasteiger partial charge in [-0.3, -0.25) is 4.79 Å². The Morgan fingerprint density at radius 3 is 1.79 bits per heavy atom. The van der Waals surface area contributed by atoms with Crippen LogP contribution in [0.1, 0.15) is 16.8 Å². The first-order valence-corrected chi connectivity index (χ1v) is 14.3. The Bertz CT molecular complexity index is 870. The quantitative estimate of drug-likeness (QED) is 0.301. The maximum atomic E-state index is 12.4. The maximum Gasteiger partial charge on any atom is 0.251 e. The number of carbonyl (C=O) groups is 1. The average molecular weight is 423 g/mol. The van der Waals surface area contributed by atoms with Crippen LogP contribution in [0.25, 0.3) is 0 Å². The highest BCUT2D eigenvalue weighted by Crippen LogP contribution is 2.31. The molecule has 0 unspecified atom stereocenters. The summed E-state index contributed by atoms with van der Waals surface area (Å²) in [5.41, 5.74) is 0.666. The number of rotatable bonds is 8. The van der Waals surface area contributed by atoms with Gasteiger partial charge in [-0.05, 0) is 74.1 Å². The summed E-state index contributed by atoms with van der Waals surface area (Å²) in [6.45, 7) is 4.43. The lowest BCUT2D eigenvalue weighted by molar-refractivity contribution is 0.0953. The maximum absolute atomic E-state index is 12.4. The lowest BCUT2D eigenvalue weighted by atomic mass is 10.2. The van der Waals surface area contributed by atoms with Gasteiger partial charge in [0.2, 0.25) is 0 Å². The molecule has 1 amide bonds. The third kappa shape index (κ3) is 6.32. The number of benzene rings is 3. The monoisotopic (exact) mass is 422 g/mol. The van der Waals surface area contributed by atoms with Gasteiger partial charge in [-0.25, -0.2) is 0 Å². The van der Waals surface area contributed by atoms with E-state index >= 15 is 0 Å². The zero-order valence-electron chi connectivity index (χ0n) is 17.0. The molecule has 0 aromatic heterocycles. The van der Waals surface area contributed by atoms with E-state index < -0.39 is 8.32 Å². The molecule has 0 saturated heterocycles. The number of carbonyl (C=O) groups excluding carboxylic acids is 1. The molecule has 0 spiro atoms. The number of hydrogen-bond donors (Lipinski definition) is 2. The first kappa shape index (κ1) is 21.4. The molecule has 0 saturated carbocycles. The van der Waals surface area contributed by atoms with Crippen LogP contribution in [0.2, 0.25) is 19.1 Å². The van der Waals surface area contributed by atoms with E-state index in [1.54, 1.807) is 0 Å². The predicted molar refractivity (Wildman–Crippen MR) is 123 cm³/mol. The Balaban J connectivity index is 1.74. The fourth-order valence-corrected chi connectivity index (χ4v) is 6.21. The SMILES string of the molecule is C[Si](C)(O)CCCNC(=O)c1ccc([S+](c2ccccc2)c2ccccc2)cc1. The standard InChI is InChI=1S/C24H27NO2SSi/c1-29(2,27)19-9-18-25-24(26)20-14-16-23(17-15-20)28(21-10-5-3-6-11-21)22-12-7-4-8-13-22/h3-8,10-17,27H,9,18-19H2,1-2H3/p+1.